The number of nitrogens with one attached hydrogen (secondary N) is 1. The highest BCUT2D eigenvalue weighted by Crippen LogP contribution is 2.22. The maximum Gasteiger partial charge on any atom is 0.0827 e. The first-order chi connectivity index (χ1) is 8.42. The molecule has 0 aliphatic carbocycles. The van der Waals surface area contributed by atoms with Gasteiger partial charge in [0, 0.05) is 25.2 Å². The van der Waals surface area contributed by atoms with Gasteiger partial charge < -0.3 is 10.1 Å². The first kappa shape index (κ1) is 12.3. The van der Waals surface area contributed by atoms with Crippen LogP contribution in [0.15, 0.2) is 0 Å². The van der Waals surface area contributed by atoms with Crippen molar-refractivity contribution < 1.29 is 4.74 Å². The van der Waals surface area contributed by atoms with Crippen molar-refractivity contribution in [3.8, 4) is 0 Å². The van der Waals surface area contributed by atoms with Crippen molar-refractivity contribution in [2.45, 2.75) is 43.9 Å². The van der Waals surface area contributed by atoms with Gasteiger partial charge in [0.2, 0.25) is 0 Å². The maximum atomic E-state index is 5.97. The molecule has 0 radical (unpaired) electrons. The van der Waals surface area contributed by atoms with Crippen LogP contribution in [0.1, 0.15) is 25.7 Å². The number of hydrogen-bond donors (Lipinski definition) is 1. The molecule has 0 spiro atoms. The lowest BCUT2D eigenvalue weighted by molar-refractivity contribution is -0.0479. The molecule has 0 aromatic carbocycles. The molecule has 0 aromatic rings. The van der Waals surface area contributed by atoms with Crippen LogP contribution >= 0.6 is 11.8 Å². The smallest absolute Gasteiger partial charge is 0.0827 e. The minimum Gasteiger partial charge on any atom is -0.374 e. The summed E-state index contributed by atoms with van der Waals surface area (Å²) in [7, 11) is 0. The van der Waals surface area contributed by atoms with Gasteiger partial charge >= 0.3 is 0 Å². The van der Waals surface area contributed by atoms with Crippen molar-refractivity contribution >= 4 is 11.8 Å². The second kappa shape index (κ2) is 5.91. The van der Waals surface area contributed by atoms with Crippen molar-refractivity contribution in [2.24, 2.45) is 0 Å². The van der Waals surface area contributed by atoms with Gasteiger partial charge in [-0.3, -0.25) is 4.90 Å². The summed E-state index contributed by atoms with van der Waals surface area (Å²) in [6.45, 7) is 4.47. The summed E-state index contributed by atoms with van der Waals surface area (Å²) in [4.78, 5) is 2.63. The van der Waals surface area contributed by atoms with Crippen LogP contribution < -0.4 is 5.32 Å². The molecule has 3 rings (SSSR count). The molecule has 17 heavy (non-hydrogen) atoms. The van der Waals surface area contributed by atoms with E-state index in [1.807, 2.05) is 0 Å². The number of rotatable bonds is 3. The van der Waals surface area contributed by atoms with Crippen LogP contribution in [0.4, 0.5) is 0 Å². The fourth-order valence-corrected chi connectivity index (χ4v) is 4.32. The van der Waals surface area contributed by atoms with Gasteiger partial charge in [0.1, 0.15) is 0 Å². The molecule has 4 heteroatoms. The van der Waals surface area contributed by atoms with Crippen molar-refractivity contribution in [3.63, 3.8) is 0 Å². The Morgan fingerprint density at radius 1 is 1.24 bits per heavy atom. The second-order valence-corrected chi connectivity index (χ2v) is 6.77. The van der Waals surface area contributed by atoms with Crippen molar-refractivity contribution in [1.82, 2.24) is 10.2 Å². The first-order valence-corrected chi connectivity index (χ1v) is 8.24. The summed E-state index contributed by atoms with van der Waals surface area (Å²) >= 11 is 2.09. The zero-order valence-corrected chi connectivity index (χ0v) is 11.4. The largest absolute Gasteiger partial charge is 0.374 e. The molecule has 0 saturated carbocycles. The monoisotopic (exact) mass is 256 g/mol. The van der Waals surface area contributed by atoms with Crippen molar-refractivity contribution in [2.75, 3.05) is 37.7 Å². The van der Waals surface area contributed by atoms with E-state index in [-0.39, 0.29) is 0 Å². The highest BCUT2D eigenvalue weighted by atomic mass is 32.2. The van der Waals surface area contributed by atoms with Crippen LogP contribution in [-0.4, -0.2) is 60.8 Å². The number of fused-ring (bicyclic) bond motifs is 1. The van der Waals surface area contributed by atoms with Gasteiger partial charge in [-0.25, -0.2) is 0 Å². The molecule has 3 aliphatic heterocycles. The lowest BCUT2D eigenvalue weighted by Gasteiger charge is -2.36. The molecule has 3 heterocycles. The molecule has 0 aromatic heterocycles. The van der Waals surface area contributed by atoms with Crippen molar-refractivity contribution in [1.29, 1.82) is 0 Å². The second-order valence-electron chi connectivity index (χ2n) is 5.54. The van der Waals surface area contributed by atoms with Gasteiger partial charge in [0.15, 0.2) is 0 Å². The van der Waals surface area contributed by atoms with Gasteiger partial charge in [0.25, 0.3) is 0 Å². The van der Waals surface area contributed by atoms with Gasteiger partial charge in [0.05, 0.1) is 12.7 Å². The number of nitrogens with zero attached hydrogens (tertiary/aromatic N) is 1. The van der Waals surface area contributed by atoms with E-state index in [0.29, 0.717) is 6.10 Å². The Balaban J connectivity index is 1.40. The predicted octanol–water partition coefficient (Wildman–Crippen LogP) is 1.33. The quantitative estimate of drug-likeness (QED) is 0.823. The van der Waals surface area contributed by atoms with Crippen LogP contribution in [0.5, 0.6) is 0 Å². The van der Waals surface area contributed by atoms with Gasteiger partial charge in [-0.2, -0.15) is 11.8 Å². The fraction of sp³-hybridized carbons (Fsp3) is 1.00. The van der Waals surface area contributed by atoms with E-state index in [1.54, 1.807) is 0 Å². The number of hydrogen-bond acceptors (Lipinski definition) is 4. The summed E-state index contributed by atoms with van der Waals surface area (Å²) in [6, 6.07) is 1.48. The highest BCUT2D eigenvalue weighted by molar-refractivity contribution is 7.99. The Kier molecular flexibility index (Phi) is 4.27. The summed E-state index contributed by atoms with van der Waals surface area (Å²) in [5, 5.41) is 3.71. The van der Waals surface area contributed by atoms with E-state index < -0.39 is 0 Å². The van der Waals surface area contributed by atoms with E-state index in [0.717, 1.165) is 31.8 Å². The topological polar surface area (TPSA) is 24.5 Å². The van der Waals surface area contributed by atoms with Crippen LogP contribution in [0.25, 0.3) is 0 Å². The van der Waals surface area contributed by atoms with E-state index >= 15 is 0 Å². The Labute approximate surface area is 109 Å². The lowest BCUT2D eigenvalue weighted by atomic mass is 10.1. The molecule has 0 amide bonds. The molecule has 3 fully saturated rings. The van der Waals surface area contributed by atoms with E-state index in [2.05, 4.69) is 22.0 Å². The Morgan fingerprint density at radius 2 is 2.12 bits per heavy atom. The molecule has 3 aliphatic rings. The highest BCUT2D eigenvalue weighted by Gasteiger charge is 2.32. The molecular weight excluding hydrogens is 232 g/mol. The van der Waals surface area contributed by atoms with E-state index in [1.165, 1.54) is 43.7 Å². The molecular formula is C13H24N2OS. The zero-order valence-electron chi connectivity index (χ0n) is 10.6. The average molecular weight is 256 g/mol. The fourth-order valence-electron chi connectivity index (χ4n) is 3.21. The molecule has 1 N–H and O–H groups in total. The predicted molar refractivity (Wildman–Crippen MR) is 72.7 cm³/mol. The molecule has 2 atom stereocenters. The summed E-state index contributed by atoms with van der Waals surface area (Å²) < 4.78 is 5.97. The first-order valence-electron chi connectivity index (χ1n) is 7.08. The Bertz CT molecular complexity index is 246. The summed E-state index contributed by atoms with van der Waals surface area (Å²) in [6.07, 6.45) is 5.82. The minimum absolute atomic E-state index is 0.430. The molecule has 2 unspecified atom stereocenters. The average Bonchev–Trinajstić information content (AvgIpc) is 2.85. The van der Waals surface area contributed by atoms with Gasteiger partial charge in [-0.1, -0.05) is 0 Å². The van der Waals surface area contributed by atoms with Gasteiger partial charge in [-0.05, 0) is 43.7 Å². The standard InChI is InChI=1S/C13H24N2OS/c1-2-12-10-16-13(9-15(12)5-1)8-14-11-3-6-17-7-4-11/h11-14H,1-10H2. The van der Waals surface area contributed by atoms with Crippen LogP contribution in [-0.2, 0) is 4.74 Å². The van der Waals surface area contributed by atoms with Crippen LogP contribution in [0, 0.1) is 0 Å². The zero-order chi connectivity index (χ0) is 11.5. The maximum absolute atomic E-state index is 5.97. The normalized spacial score (nSPS) is 36.0. The lowest BCUT2D eigenvalue weighted by Crippen LogP contribution is -2.50. The molecule has 3 saturated heterocycles. The Morgan fingerprint density at radius 3 is 3.00 bits per heavy atom. The number of ether oxygens (including phenoxy) is 1. The van der Waals surface area contributed by atoms with Crippen LogP contribution in [0.3, 0.4) is 0 Å². The molecule has 0 bridgehead atoms. The molecule has 98 valence electrons. The third-order valence-electron chi connectivity index (χ3n) is 4.32. The number of morpholine rings is 1. The summed E-state index contributed by atoms with van der Waals surface area (Å²) in [5.41, 5.74) is 0. The Hall–Kier alpha value is 0.230. The number of thioether (sulfide) groups is 1. The third-order valence-corrected chi connectivity index (χ3v) is 5.37. The third kappa shape index (κ3) is 3.16. The SMILES string of the molecule is C1CC2COC(CNC3CCSCC3)CN2C1. The van der Waals surface area contributed by atoms with E-state index in [4.69, 9.17) is 4.74 Å². The summed E-state index contributed by atoms with van der Waals surface area (Å²) in [5.74, 6) is 2.66. The molecule has 3 nitrogen and oxygen atoms in total. The van der Waals surface area contributed by atoms with Crippen molar-refractivity contribution in [3.05, 3.63) is 0 Å². The van der Waals surface area contributed by atoms with E-state index in [9.17, 15) is 0 Å². The minimum atomic E-state index is 0.430. The van der Waals surface area contributed by atoms with Gasteiger partial charge in [-0.15, -0.1) is 0 Å². The van der Waals surface area contributed by atoms with Crippen LogP contribution in [0.2, 0.25) is 0 Å².